The third-order valence-electron chi connectivity index (χ3n) is 6.04. The number of nitrogens with zero attached hydrogens (tertiary/aromatic N) is 4. The van der Waals surface area contributed by atoms with Gasteiger partial charge in [-0.2, -0.15) is 4.98 Å². The molecule has 9 nitrogen and oxygen atoms in total. The number of carbonyl (C=O) groups is 1. The second-order valence-corrected chi connectivity index (χ2v) is 8.57. The molecule has 33 heavy (non-hydrogen) atoms. The molecule has 0 bridgehead atoms. The minimum Gasteiger partial charge on any atom is -0.439 e. The zero-order chi connectivity index (χ0) is 23.4. The van der Waals surface area contributed by atoms with E-state index in [9.17, 15) is 14.4 Å². The quantitative estimate of drug-likeness (QED) is 0.550. The van der Waals surface area contributed by atoms with Gasteiger partial charge in [-0.15, -0.1) is 0 Å². The number of rotatable bonds is 7. The maximum absolute atomic E-state index is 12.8. The topological polar surface area (TPSA) is 108 Å². The molecule has 172 valence electrons. The fourth-order valence-corrected chi connectivity index (χ4v) is 4.02. The Morgan fingerprint density at radius 3 is 2.48 bits per heavy atom. The molecular weight excluding hydrogens is 422 g/mol. The van der Waals surface area contributed by atoms with Crippen LogP contribution in [0.1, 0.15) is 43.1 Å². The van der Waals surface area contributed by atoms with Crippen LogP contribution in [0, 0.1) is 11.8 Å². The SMILES string of the molecule is CC1CCC(Cn2c(Nc3ccc(Oc4cccc(C=O)n4)cc3)nc(=O)n(C)c2=O)CC1. The maximum Gasteiger partial charge on any atom is 0.354 e. The molecule has 0 atom stereocenters. The number of anilines is 2. The Balaban J connectivity index is 1.53. The van der Waals surface area contributed by atoms with Crippen molar-refractivity contribution in [3.63, 3.8) is 0 Å². The number of aromatic nitrogens is 4. The van der Waals surface area contributed by atoms with Crippen LogP contribution in [-0.4, -0.2) is 25.4 Å². The van der Waals surface area contributed by atoms with E-state index in [0.29, 0.717) is 42.0 Å². The van der Waals surface area contributed by atoms with Crippen LogP contribution in [0.5, 0.6) is 11.6 Å². The van der Waals surface area contributed by atoms with Crippen molar-refractivity contribution in [2.45, 2.75) is 39.2 Å². The van der Waals surface area contributed by atoms with Gasteiger partial charge in [0.15, 0.2) is 6.29 Å². The Morgan fingerprint density at radius 2 is 1.79 bits per heavy atom. The summed E-state index contributed by atoms with van der Waals surface area (Å²) < 4.78 is 8.28. The molecular formula is C24H27N5O4. The number of hydrogen-bond acceptors (Lipinski definition) is 7. The minimum atomic E-state index is -0.600. The van der Waals surface area contributed by atoms with Crippen LogP contribution >= 0.6 is 0 Å². The minimum absolute atomic E-state index is 0.232. The number of benzene rings is 1. The molecule has 9 heteroatoms. The number of aldehydes is 1. The lowest BCUT2D eigenvalue weighted by molar-refractivity contribution is 0.111. The summed E-state index contributed by atoms with van der Waals surface area (Å²) in [5, 5.41) is 3.11. The van der Waals surface area contributed by atoms with Gasteiger partial charge in [0.1, 0.15) is 11.4 Å². The third kappa shape index (κ3) is 5.36. The van der Waals surface area contributed by atoms with Crippen LogP contribution < -0.4 is 21.4 Å². The first kappa shape index (κ1) is 22.4. The van der Waals surface area contributed by atoms with Crippen LogP contribution in [0.4, 0.5) is 11.6 Å². The average molecular weight is 450 g/mol. The zero-order valence-corrected chi connectivity index (χ0v) is 18.7. The molecule has 0 radical (unpaired) electrons. The Hall–Kier alpha value is -3.75. The molecule has 1 aliphatic rings. The second-order valence-electron chi connectivity index (χ2n) is 8.57. The van der Waals surface area contributed by atoms with Gasteiger partial charge >= 0.3 is 11.4 Å². The lowest BCUT2D eigenvalue weighted by Gasteiger charge is -2.27. The lowest BCUT2D eigenvalue weighted by Crippen LogP contribution is -2.42. The van der Waals surface area contributed by atoms with E-state index < -0.39 is 5.69 Å². The highest BCUT2D eigenvalue weighted by Crippen LogP contribution is 2.30. The van der Waals surface area contributed by atoms with Gasteiger partial charge in [0.05, 0.1) is 0 Å². The van der Waals surface area contributed by atoms with Crippen LogP contribution in [-0.2, 0) is 13.6 Å². The molecule has 0 unspecified atom stereocenters. The summed E-state index contributed by atoms with van der Waals surface area (Å²) in [5.41, 5.74) is -0.0367. The molecule has 0 aliphatic heterocycles. The molecule has 1 N–H and O–H groups in total. The van der Waals surface area contributed by atoms with Crippen LogP contribution in [0.15, 0.2) is 52.1 Å². The third-order valence-corrected chi connectivity index (χ3v) is 6.04. The van der Waals surface area contributed by atoms with Crippen molar-refractivity contribution in [3.8, 4) is 11.6 Å². The average Bonchev–Trinajstić information content (AvgIpc) is 2.83. The summed E-state index contributed by atoms with van der Waals surface area (Å²) >= 11 is 0. The molecule has 0 amide bonds. The van der Waals surface area contributed by atoms with Crippen molar-refractivity contribution >= 4 is 17.9 Å². The summed E-state index contributed by atoms with van der Waals surface area (Å²) in [4.78, 5) is 44.1. The van der Waals surface area contributed by atoms with Crippen molar-refractivity contribution in [1.82, 2.24) is 19.1 Å². The van der Waals surface area contributed by atoms with Gasteiger partial charge in [-0.25, -0.2) is 19.1 Å². The largest absolute Gasteiger partial charge is 0.439 e. The van der Waals surface area contributed by atoms with E-state index in [1.54, 1.807) is 47.0 Å². The molecule has 1 aromatic carbocycles. The molecule has 1 fully saturated rings. The first-order chi connectivity index (χ1) is 15.9. The van der Waals surface area contributed by atoms with Crippen molar-refractivity contribution < 1.29 is 9.53 Å². The monoisotopic (exact) mass is 449 g/mol. The predicted octanol–water partition coefficient (Wildman–Crippen LogP) is 3.51. The Morgan fingerprint density at radius 1 is 1.06 bits per heavy atom. The van der Waals surface area contributed by atoms with Gasteiger partial charge < -0.3 is 10.1 Å². The number of carbonyl (C=O) groups excluding carboxylic acids is 1. The Labute approximate surface area is 191 Å². The van der Waals surface area contributed by atoms with Gasteiger partial charge in [0.25, 0.3) is 0 Å². The molecule has 4 rings (SSSR count). The first-order valence-corrected chi connectivity index (χ1v) is 11.1. The maximum atomic E-state index is 12.8. The van der Waals surface area contributed by atoms with E-state index in [4.69, 9.17) is 4.74 Å². The fraction of sp³-hybridized carbons (Fsp3) is 0.375. The lowest BCUT2D eigenvalue weighted by atomic mass is 9.83. The first-order valence-electron chi connectivity index (χ1n) is 11.1. The van der Waals surface area contributed by atoms with E-state index in [1.807, 2.05) is 0 Å². The van der Waals surface area contributed by atoms with Crippen molar-refractivity contribution in [3.05, 3.63) is 69.1 Å². The summed E-state index contributed by atoms with van der Waals surface area (Å²) in [6.07, 6.45) is 5.06. The van der Waals surface area contributed by atoms with Crippen LogP contribution in [0.3, 0.4) is 0 Å². The summed E-state index contributed by atoms with van der Waals surface area (Å²) in [6, 6.07) is 11.9. The van der Waals surface area contributed by atoms with E-state index in [-0.39, 0.29) is 17.3 Å². The standard InChI is InChI=1S/C24H27N5O4/c1-16-6-8-17(9-7-16)14-29-22(27-23(31)28(2)24(29)32)26-18-10-12-20(13-11-18)33-21-5-3-4-19(15-30)25-21/h3-5,10-13,15-17H,6-9,14H2,1-2H3,(H,26,27,31). The number of ether oxygens (including phenoxy) is 1. The molecule has 0 saturated heterocycles. The van der Waals surface area contributed by atoms with Crippen molar-refractivity contribution in [2.75, 3.05) is 5.32 Å². The molecule has 1 aliphatic carbocycles. The van der Waals surface area contributed by atoms with E-state index in [1.165, 1.54) is 7.05 Å². The van der Waals surface area contributed by atoms with Gasteiger partial charge in [0.2, 0.25) is 11.8 Å². The Kier molecular flexibility index (Phi) is 6.67. The van der Waals surface area contributed by atoms with E-state index in [0.717, 1.165) is 30.3 Å². The summed E-state index contributed by atoms with van der Waals surface area (Å²) in [7, 11) is 1.45. The van der Waals surface area contributed by atoms with Crippen LogP contribution in [0.25, 0.3) is 0 Å². The smallest absolute Gasteiger partial charge is 0.354 e. The van der Waals surface area contributed by atoms with E-state index >= 15 is 0 Å². The fourth-order valence-electron chi connectivity index (χ4n) is 4.02. The summed E-state index contributed by atoms with van der Waals surface area (Å²) in [5.74, 6) is 2.16. The van der Waals surface area contributed by atoms with Gasteiger partial charge in [-0.1, -0.05) is 25.8 Å². The summed E-state index contributed by atoms with van der Waals surface area (Å²) in [6.45, 7) is 2.78. The highest BCUT2D eigenvalue weighted by Gasteiger charge is 2.21. The Bertz CT molecular complexity index is 1240. The normalized spacial score (nSPS) is 18.0. The highest BCUT2D eigenvalue weighted by molar-refractivity contribution is 5.71. The predicted molar refractivity (Wildman–Crippen MR) is 124 cm³/mol. The molecule has 2 heterocycles. The zero-order valence-electron chi connectivity index (χ0n) is 18.7. The second kappa shape index (κ2) is 9.81. The molecule has 0 spiro atoms. The molecule has 2 aromatic heterocycles. The number of nitrogens with one attached hydrogen (secondary N) is 1. The van der Waals surface area contributed by atoms with Crippen molar-refractivity contribution in [2.24, 2.45) is 18.9 Å². The van der Waals surface area contributed by atoms with Gasteiger partial charge in [-0.3, -0.25) is 9.36 Å². The molecule has 3 aromatic rings. The van der Waals surface area contributed by atoms with E-state index in [2.05, 4.69) is 22.2 Å². The number of pyridine rings is 1. The van der Waals surface area contributed by atoms with Gasteiger partial charge in [-0.05, 0) is 55.0 Å². The van der Waals surface area contributed by atoms with Gasteiger partial charge in [0, 0.05) is 25.3 Å². The molecule has 1 saturated carbocycles. The van der Waals surface area contributed by atoms with Crippen molar-refractivity contribution in [1.29, 1.82) is 0 Å². The highest BCUT2D eigenvalue weighted by atomic mass is 16.5. The van der Waals surface area contributed by atoms with Crippen LogP contribution in [0.2, 0.25) is 0 Å². The number of hydrogen-bond donors (Lipinski definition) is 1.